The van der Waals surface area contributed by atoms with Gasteiger partial charge in [0.05, 0.1) is 31.9 Å². The summed E-state index contributed by atoms with van der Waals surface area (Å²) in [4.78, 5) is 32.7. The first-order valence-corrected chi connectivity index (χ1v) is 13.6. The molecule has 1 aromatic heterocycles. The summed E-state index contributed by atoms with van der Waals surface area (Å²) in [7, 11) is 4.54. The Morgan fingerprint density at radius 1 is 1.03 bits per heavy atom. The monoisotopic (exact) mass is 555 g/mol. The number of rotatable bonds is 9. The zero-order valence-corrected chi connectivity index (χ0v) is 23.7. The number of aromatic nitrogens is 1. The lowest BCUT2D eigenvalue weighted by molar-refractivity contribution is 0.0708. The quantitative estimate of drug-likeness (QED) is 0.396. The molecule has 1 aliphatic heterocycles. The lowest BCUT2D eigenvalue weighted by Gasteiger charge is -2.31. The van der Waals surface area contributed by atoms with E-state index in [4.69, 9.17) is 14.2 Å². The third kappa shape index (κ3) is 6.50. The summed E-state index contributed by atoms with van der Waals surface area (Å²) in [6.07, 6.45) is 2.05. The zero-order chi connectivity index (χ0) is 28.2. The van der Waals surface area contributed by atoms with Crippen LogP contribution in [-0.2, 0) is 6.42 Å². The van der Waals surface area contributed by atoms with Crippen LogP contribution in [0, 0.1) is 5.82 Å². The standard InChI is InChI=1S/C29H34FN3O5S/c1-29(2,16-18-6-8-20(30)9-7-18)32-26(34)22-17-39-27(31-22)19-12-14-33(15-13-19)28(35)21-10-11-23(36-3)25(38-5)24(21)37-4/h6-11,17,19H,12-16H2,1-5H3,(H,32,34). The minimum atomic E-state index is -0.532. The first-order valence-electron chi connectivity index (χ1n) is 12.8. The Bertz CT molecular complexity index is 1320. The highest BCUT2D eigenvalue weighted by atomic mass is 32.1. The summed E-state index contributed by atoms with van der Waals surface area (Å²) < 4.78 is 29.5. The second-order valence-electron chi connectivity index (χ2n) is 10.2. The minimum absolute atomic E-state index is 0.131. The van der Waals surface area contributed by atoms with Crippen molar-refractivity contribution in [3.05, 3.63) is 69.4 Å². The Morgan fingerprint density at radius 3 is 2.31 bits per heavy atom. The summed E-state index contributed by atoms with van der Waals surface area (Å²) in [6, 6.07) is 9.68. The van der Waals surface area contributed by atoms with Crippen molar-refractivity contribution >= 4 is 23.2 Å². The Hall–Kier alpha value is -3.66. The van der Waals surface area contributed by atoms with E-state index in [-0.39, 0.29) is 23.5 Å². The maximum absolute atomic E-state index is 13.3. The van der Waals surface area contributed by atoms with E-state index in [0.29, 0.717) is 48.0 Å². The first-order chi connectivity index (χ1) is 18.7. The van der Waals surface area contributed by atoms with Gasteiger partial charge in [-0.15, -0.1) is 11.3 Å². The summed E-state index contributed by atoms with van der Waals surface area (Å²) >= 11 is 1.47. The van der Waals surface area contributed by atoms with Crippen molar-refractivity contribution in [2.45, 2.75) is 44.6 Å². The molecule has 0 radical (unpaired) electrons. The summed E-state index contributed by atoms with van der Waals surface area (Å²) in [5.41, 5.74) is 1.21. The lowest BCUT2D eigenvalue weighted by atomic mass is 9.94. The number of nitrogens with zero attached hydrogens (tertiary/aromatic N) is 2. The average Bonchev–Trinajstić information content (AvgIpc) is 3.43. The summed E-state index contributed by atoms with van der Waals surface area (Å²) in [6.45, 7) is 4.99. The van der Waals surface area contributed by atoms with Crippen molar-refractivity contribution < 1.29 is 28.2 Å². The molecule has 0 spiro atoms. The average molecular weight is 556 g/mol. The smallest absolute Gasteiger partial charge is 0.271 e. The third-order valence-electron chi connectivity index (χ3n) is 6.83. The molecule has 0 atom stereocenters. The molecular weight excluding hydrogens is 521 g/mol. The molecule has 1 saturated heterocycles. The zero-order valence-electron chi connectivity index (χ0n) is 22.9. The predicted octanol–water partition coefficient (Wildman–Crippen LogP) is 5.08. The number of ether oxygens (including phenoxy) is 3. The van der Waals surface area contributed by atoms with E-state index in [2.05, 4.69) is 10.3 Å². The number of carbonyl (C=O) groups is 2. The number of hydrogen-bond acceptors (Lipinski definition) is 7. The van der Waals surface area contributed by atoms with Crippen LogP contribution in [0.2, 0.25) is 0 Å². The van der Waals surface area contributed by atoms with Gasteiger partial charge in [0.1, 0.15) is 11.5 Å². The van der Waals surface area contributed by atoms with Gasteiger partial charge in [0, 0.05) is 29.9 Å². The molecular formula is C29H34FN3O5S. The van der Waals surface area contributed by atoms with Crippen LogP contribution >= 0.6 is 11.3 Å². The molecule has 3 aromatic rings. The Labute approximate surface area is 232 Å². The van der Waals surface area contributed by atoms with Crippen molar-refractivity contribution in [3.8, 4) is 17.2 Å². The van der Waals surface area contributed by atoms with Gasteiger partial charge in [-0.1, -0.05) is 12.1 Å². The van der Waals surface area contributed by atoms with Gasteiger partial charge in [0.25, 0.3) is 11.8 Å². The SMILES string of the molecule is COc1ccc(C(=O)N2CCC(c3nc(C(=O)NC(C)(C)Cc4ccc(F)cc4)cs3)CC2)c(OC)c1OC. The highest BCUT2D eigenvalue weighted by Gasteiger charge is 2.30. The van der Waals surface area contributed by atoms with Crippen LogP contribution in [0.4, 0.5) is 4.39 Å². The number of hydrogen-bond donors (Lipinski definition) is 1. The normalized spacial score (nSPS) is 14.2. The van der Waals surface area contributed by atoms with Crippen LogP contribution < -0.4 is 19.5 Å². The number of benzene rings is 2. The Kier molecular flexibility index (Phi) is 8.74. The molecule has 0 unspecified atom stereocenters. The van der Waals surface area contributed by atoms with Gasteiger partial charge in [-0.25, -0.2) is 9.37 Å². The number of carbonyl (C=O) groups excluding carboxylic acids is 2. The molecule has 0 aliphatic carbocycles. The van der Waals surface area contributed by atoms with Crippen LogP contribution in [0.25, 0.3) is 0 Å². The van der Waals surface area contributed by atoms with E-state index in [9.17, 15) is 14.0 Å². The van der Waals surface area contributed by atoms with E-state index >= 15 is 0 Å². The number of nitrogens with one attached hydrogen (secondary N) is 1. The fourth-order valence-corrected chi connectivity index (χ4v) is 5.85. The fraction of sp³-hybridized carbons (Fsp3) is 0.414. The summed E-state index contributed by atoms with van der Waals surface area (Å²) in [5, 5.41) is 5.73. The molecule has 1 N–H and O–H groups in total. The molecule has 8 nitrogen and oxygen atoms in total. The molecule has 2 aromatic carbocycles. The van der Waals surface area contributed by atoms with Crippen LogP contribution in [0.5, 0.6) is 17.2 Å². The van der Waals surface area contributed by atoms with E-state index in [1.165, 1.54) is 44.8 Å². The van der Waals surface area contributed by atoms with Gasteiger partial charge in [-0.05, 0) is 62.9 Å². The van der Waals surface area contributed by atoms with Crippen LogP contribution in [-0.4, -0.2) is 61.7 Å². The van der Waals surface area contributed by atoms with Gasteiger partial charge >= 0.3 is 0 Å². The number of piperidine rings is 1. The molecule has 1 fully saturated rings. The maximum atomic E-state index is 13.3. The molecule has 1 aliphatic rings. The van der Waals surface area contributed by atoms with E-state index in [0.717, 1.165) is 23.4 Å². The van der Waals surface area contributed by atoms with Gasteiger partial charge < -0.3 is 24.4 Å². The van der Waals surface area contributed by atoms with Crippen LogP contribution in [0.1, 0.15) is 64.0 Å². The largest absolute Gasteiger partial charge is 0.493 e. The van der Waals surface area contributed by atoms with Crippen molar-refractivity contribution in [1.82, 2.24) is 15.2 Å². The first kappa shape index (κ1) is 28.4. The molecule has 2 heterocycles. The molecule has 0 bridgehead atoms. The Morgan fingerprint density at radius 2 is 1.69 bits per heavy atom. The highest BCUT2D eigenvalue weighted by molar-refractivity contribution is 7.09. The minimum Gasteiger partial charge on any atom is -0.493 e. The molecule has 4 rings (SSSR count). The van der Waals surface area contributed by atoms with Crippen LogP contribution in [0.15, 0.2) is 41.8 Å². The molecule has 10 heteroatoms. The lowest BCUT2D eigenvalue weighted by Crippen LogP contribution is -2.45. The second kappa shape index (κ2) is 12.0. The van der Waals surface area contributed by atoms with Crippen LogP contribution in [0.3, 0.4) is 0 Å². The number of amides is 2. The number of methoxy groups -OCH3 is 3. The molecule has 39 heavy (non-hydrogen) atoms. The van der Waals surface area contributed by atoms with Gasteiger partial charge in [-0.3, -0.25) is 9.59 Å². The second-order valence-corrected chi connectivity index (χ2v) is 11.1. The molecule has 0 saturated carbocycles. The van der Waals surface area contributed by atoms with Gasteiger partial charge in [0.2, 0.25) is 5.75 Å². The van der Waals surface area contributed by atoms with Crippen molar-refractivity contribution in [3.63, 3.8) is 0 Å². The Balaban J connectivity index is 1.36. The number of thiazole rings is 1. The van der Waals surface area contributed by atoms with Crippen molar-refractivity contribution in [2.24, 2.45) is 0 Å². The van der Waals surface area contributed by atoms with E-state index in [1.54, 1.807) is 34.5 Å². The molecule has 208 valence electrons. The maximum Gasteiger partial charge on any atom is 0.271 e. The van der Waals surface area contributed by atoms with Crippen molar-refractivity contribution in [2.75, 3.05) is 34.4 Å². The van der Waals surface area contributed by atoms with E-state index < -0.39 is 5.54 Å². The number of halogens is 1. The summed E-state index contributed by atoms with van der Waals surface area (Å²) in [5.74, 6) is 0.738. The highest BCUT2D eigenvalue weighted by Crippen LogP contribution is 2.41. The van der Waals surface area contributed by atoms with Crippen molar-refractivity contribution in [1.29, 1.82) is 0 Å². The number of likely N-dealkylation sites (tertiary alicyclic amines) is 1. The topological polar surface area (TPSA) is 90.0 Å². The molecule has 2 amide bonds. The fourth-order valence-electron chi connectivity index (χ4n) is 4.88. The van der Waals surface area contributed by atoms with Gasteiger partial charge in [-0.2, -0.15) is 0 Å². The predicted molar refractivity (Wildman–Crippen MR) is 148 cm³/mol. The van der Waals surface area contributed by atoms with Gasteiger partial charge in [0.15, 0.2) is 11.5 Å². The third-order valence-corrected chi connectivity index (χ3v) is 7.84. The van der Waals surface area contributed by atoms with E-state index in [1.807, 2.05) is 13.8 Å².